The third kappa shape index (κ3) is 4.48. The summed E-state index contributed by atoms with van der Waals surface area (Å²) in [5.74, 6) is 0.0720. The van der Waals surface area contributed by atoms with Crippen molar-refractivity contribution < 1.29 is 14.0 Å². The predicted octanol–water partition coefficient (Wildman–Crippen LogP) is 5.21. The Kier molecular flexibility index (Phi) is 5.96. The van der Waals surface area contributed by atoms with E-state index >= 15 is 0 Å². The molecule has 0 aliphatic rings. The second-order valence-corrected chi connectivity index (χ2v) is 8.22. The number of fused-ring (bicyclic) bond motifs is 1. The number of nitrogens with one attached hydrogen (secondary N) is 1. The van der Waals surface area contributed by atoms with Crippen molar-refractivity contribution in [3.8, 4) is 5.69 Å². The van der Waals surface area contributed by atoms with Crippen molar-refractivity contribution in [2.24, 2.45) is 0 Å². The van der Waals surface area contributed by atoms with Crippen LogP contribution in [0.2, 0.25) is 0 Å². The van der Waals surface area contributed by atoms with Crippen molar-refractivity contribution in [3.63, 3.8) is 0 Å². The van der Waals surface area contributed by atoms with Gasteiger partial charge in [-0.05, 0) is 87.5 Å². The van der Waals surface area contributed by atoms with Gasteiger partial charge in [-0.25, -0.2) is 9.37 Å². The number of hydrogen-bond donors (Lipinski definition) is 1. The molecule has 6 nitrogen and oxygen atoms in total. The van der Waals surface area contributed by atoms with Crippen LogP contribution in [0.4, 0.5) is 10.1 Å². The summed E-state index contributed by atoms with van der Waals surface area (Å²) in [6.07, 6.45) is 0. The Hall–Kier alpha value is -4.00. The molecule has 0 spiro atoms. The molecule has 0 aliphatic carbocycles. The summed E-state index contributed by atoms with van der Waals surface area (Å²) < 4.78 is 15.3. The van der Waals surface area contributed by atoms with Gasteiger partial charge in [0.15, 0.2) is 0 Å². The fourth-order valence-corrected chi connectivity index (χ4v) is 3.59. The first kappa shape index (κ1) is 22.2. The number of carbonyl (C=O) groups is 2. The second kappa shape index (κ2) is 8.86. The molecular weight excluding hydrogens is 419 g/mol. The number of aryl methyl sites for hydroxylation is 1. The van der Waals surface area contributed by atoms with Crippen molar-refractivity contribution >= 4 is 28.5 Å². The van der Waals surface area contributed by atoms with E-state index in [1.54, 1.807) is 66.5 Å². The minimum Gasteiger partial charge on any atom is -0.339 e. The molecule has 1 N–H and O–H groups in total. The van der Waals surface area contributed by atoms with E-state index in [1.807, 2.05) is 25.3 Å². The van der Waals surface area contributed by atoms with Gasteiger partial charge in [0.1, 0.15) is 11.6 Å². The summed E-state index contributed by atoms with van der Waals surface area (Å²) in [6, 6.07) is 18.3. The summed E-state index contributed by atoms with van der Waals surface area (Å²) in [4.78, 5) is 31.6. The van der Waals surface area contributed by atoms with Crippen LogP contribution in [0.25, 0.3) is 16.7 Å². The van der Waals surface area contributed by atoms with Crippen LogP contribution >= 0.6 is 0 Å². The van der Waals surface area contributed by atoms with Crippen molar-refractivity contribution in [1.82, 2.24) is 14.5 Å². The fourth-order valence-electron chi connectivity index (χ4n) is 3.59. The normalized spacial score (nSPS) is 11.1. The molecule has 1 aromatic heterocycles. The highest BCUT2D eigenvalue weighted by molar-refractivity contribution is 6.06. The maximum atomic E-state index is 13.4. The Morgan fingerprint density at radius 2 is 1.61 bits per heavy atom. The molecule has 0 saturated carbocycles. The third-order valence-electron chi connectivity index (χ3n) is 5.65. The van der Waals surface area contributed by atoms with Crippen LogP contribution in [0.5, 0.6) is 0 Å². The number of anilines is 1. The van der Waals surface area contributed by atoms with Crippen molar-refractivity contribution in [2.75, 3.05) is 12.4 Å². The molecule has 7 heteroatoms. The predicted molar refractivity (Wildman–Crippen MR) is 127 cm³/mol. The molecule has 3 aromatic carbocycles. The number of hydrogen-bond acceptors (Lipinski definition) is 3. The third-order valence-corrected chi connectivity index (χ3v) is 5.65. The van der Waals surface area contributed by atoms with Crippen LogP contribution in [0, 0.1) is 12.7 Å². The largest absolute Gasteiger partial charge is 0.339 e. The molecule has 1 heterocycles. The summed E-state index contributed by atoms with van der Waals surface area (Å²) in [5, 5.41) is 2.87. The zero-order chi connectivity index (χ0) is 23.7. The van der Waals surface area contributed by atoms with E-state index in [-0.39, 0.29) is 23.7 Å². The molecule has 4 aromatic rings. The number of imidazole rings is 1. The molecule has 0 bridgehead atoms. The molecule has 0 radical (unpaired) electrons. The Labute approximate surface area is 191 Å². The van der Waals surface area contributed by atoms with Gasteiger partial charge in [-0.15, -0.1) is 0 Å². The maximum absolute atomic E-state index is 13.4. The standard InChI is InChI=1S/C26H25FN4O2/c1-16(2)30(4)26(33)18-5-10-21(11-6-18)29-25(32)19-7-14-23-24(15-19)31(17(3)28-23)22-12-8-20(27)9-13-22/h5-16H,1-4H3,(H,29,32). The number of benzene rings is 3. The summed E-state index contributed by atoms with van der Waals surface area (Å²) in [5.41, 5.74) is 3.87. The molecule has 2 amide bonds. The summed E-state index contributed by atoms with van der Waals surface area (Å²) in [6.45, 7) is 5.77. The lowest BCUT2D eigenvalue weighted by atomic mass is 10.1. The molecule has 33 heavy (non-hydrogen) atoms. The van der Waals surface area contributed by atoms with Crippen LogP contribution in [-0.2, 0) is 0 Å². The summed E-state index contributed by atoms with van der Waals surface area (Å²) in [7, 11) is 1.76. The SMILES string of the molecule is Cc1nc2ccc(C(=O)Nc3ccc(C(=O)N(C)C(C)C)cc3)cc2n1-c1ccc(F)cc1. The lowest BCUT2D eigenvalue weighted by Crippen LogP contribution is -2.32. The zero-order valence-corrected chi connectivity index (χ0v) is 19.0. The number of carbonyl (C=O) groups excluding carboxylic acids is 2. The molecule has 0 saturated heterocycles. The first-order chi connectivity index (χ1) is 15.7. The van der Waals surface area contributed by atoms with E-state index < -0.39 is 0 Å². The zero-order valence-electron chi connectivity index (χ0n) is 19.0. The van der Waals surface area contributed by atoms with Crippen molar-refractivity contribution in [2.45, 2.75) is 26.8 Å². The Balaban J connectivity index is 1.58. The van der Waals surface area contributed by atoms with Gasteiger partial charge >= 0.3 is 0 Å². The second-order valence-electron chi connectivity index (χ2n) is 8.22. The van der Waals surface area contributed by atoms with E-state index in [4.69, 9.17) is 0 Å². The molecule has 0 atom stereocenters. The van der Waals surface area contributed by atoms with E-state index in [0.717, 1.165) is 22.5 Å². The van der Waals surface area contributed by atoms with Gasteiger partial charge in [-0.2, -0.15) is 0 Å². The first-order valence-electron chi connectivity index (χ1n) is 10.7. The smallest absolute Gasteiger partial charge is 0.255 e. The monoisotopic (exact) mass is 444 g/mol. The lowest BCUT2D eigenvalue weighted by molar-refractivity contribution is 0.0755. The van der Waals surface area contributed by atoms with Crippen molar-refractivity contribution in [3.05, 3.63) is 89.5 Å². The number of rotatable bonds is 5. The van der Waals surface area contributed by atoms with E-state index in [0.29, 0.717) is 16.8 Å². The van der Waals surface area contributed by atoms with Gasteiger partial charge < -0.3 is 10.2 Å². The Morgan fingerprint density at radius 1 is 0.970 bits per heavy atom. The van der Waals surface area contributed by atoms with Gasteiger partial charge in [-0.1, -0.05) is 0 Å². The van der Waals surface area contributed by atoms with Gasteiger partial charge in [0.25, 0.3) is 11.8 Å². The van der Waals surface area contributed by atoms with E-state index in [2.05, 4.69) is 10.3 Å². The van der Waals surface area contributed by atoms with Crippen LogP contribution in [0.3, 0.4) is 0 Å². The van der Waals surface area contributed by atoms with E-state index in [1.165, 1.54) is 12.1 Å². The van der Waals surface area contributed by atoms with Crippen LogP contribution in [-0.4, -0.2) is 39.4 Å². The number of aromatic nitrogens is 2. The molecule has 168 valence electrons. The van der Waals surface area contributed by atoms with Crippen LogP contribution < -0.4 is 5.32 Å². The van der Waals surface area contributed by atoms with Gasteiger partial charge in [0, 0.05) is 35.6 Å². The lowest BCUT2D eigenvalue weighted by Gasteiger charge is -2.21. The van der Waals surface area contributed by atoms with Crippen LogP contribution in [0.15, 0.2) is 66.7 Å². The number of amides is 2. The molecule has 0 fully saturated rings. The minimum atomic E-state index is -0.315. The highest BCUT2D eigenvalue weighted by atomic mass is 19.1. The topological polar surface area (TPSA) is 67.2 Å². The number of halogens is 1. The molecule has 4 rings (SSSR count). The molecule has 0 aliphatic heterocycles. The fraction of sp³-hybridized carbons (Fsp3) is 0.192. The first-order valence-corrected chi connectivity index (χ1v) is 10.7. The quantitative estimate of drug-likeness (QED) is 0.460. The maximum Gasteiger partial charge on any atom is 0.255 e. The highest BCUT2D eigenvalue weighted by Crippen LogP contribution is 2.23. The average molecular weight is 445 g/mol. The van der Waals surface area contributed by atoms with Gasteiger partial charge in [-0.3, -0.25) is 14.2 Å². The number of nitrogens with zero attached hydrogens (tertiary/aromatic N) is 3. The van der Waals surface area contributed by atoms with Crippen molar-refractivity contribution in [1.29, 1.82) is 0 Å². The van der Waals surface area contributed by atoms with Crippen LogP contribution in [0.1, 0.15) is 40.4 Å². The molecular formula is C26H25FN4O2. The van der Waals surface area contributed by atoms with E-state index in [9.17, 15) is 14.0 Å². The van der Waals surface area contributed by atoms with Gasteiger partial charge in [0.05, 0.1) is 11.0 Å². The Bertz CT molecular complexity index is 1330. The Morgan fingerprint density at radius 3 is 2.24 bits per heavy atom. The van der Waals surface area contributed by atoms with Gasteiger partial charge in [0.2, 0.25) is 0 Å². The summed E-state index contributed by atoms with van der Waals surface area (Å²) >= 11 is 0. The molecule has 0 unspecified atom stereocenters. The minimum absolute atomic E-state index is 0.0715. The highest BCUT2D eigenvalue weighted by Gasteiger charge is 2.16. The average Bonchev–Trinajstić information content (AvgIpc) is 3.14.